The summed E-state index contributed by atoms with van der Waals surface area (Å²) in [5, 5.41) is 20.9. The zero-order valence-corrected chi connectivity index (χ0v) is 20.1. The van der Waals surface area contributed by atoms with Gasteiger partial charge in [0.15, 0.2) is 26.7 Å². The molecule has 1 fully saturated rings. The van der Waals surface area contributed by atoms with Crippen LogP contribution in [0, 0.1) is 12.8 Å². The van der Waals surface area contributed by atoms with Crippen molar-refractivity contribution in [2.75, 3.05) is 19.3 Å². The highest BCUT2D eigenvalue weighted by molar-refractivity contribution is 7.90. The molecule has 5 aromatic rings. The minimum atomic E-state index is -3.30. The Hall–Kier alpha value is -3.70. The molecule has 1 aliphatic heterocycles. The predicted molar refractivity (Wildman–Crippen MR) is 132 cm³/mol. The van der Waals surface area contributed by atoms with Crippen LogP contribution in [0.15, 0.2) is 55.0 Å². The van der Waals surface area contributed by atoms with Crippen LogP contribution in [0.2, 0.25) is 0 Å². The van der Waals surface area contributed by atoms with Gasteiger partial charge in [0.05, 0.1) is 17.4 Å². The quantitative estimate of drug-likeness (QED) is 0.386. The topological polar surface area (TPSA) is 120 Å². The van der Waals surface area contributed by atoms with Crippen LogP contribution in [0.4, 0.5) is 0 Å². The summed E-state index contributed by atoms with van der Waals surface area (Å²) in [5.41, 5.74) is 5.27. The molecule has 6 rings (SSSR count). The number of hydrogen-bond donors (Lipinski definition) is 1. The molecule has 35 heavy (non-hydrogen) atoms. The maximum absolute atomic E-state index is 12.4. The van der Waals surface area contributed by atoms with Gasteiger partial charge in [0, 0.05) is 60.6 Å². The van der Waals surface area contributed by atoms with Gasteiger partial charge >= 0.3 is 0 Å². The molecule has 0 aliphatic carbocycles. The molecular formula is C24H24N8O2S. The van der Waals surface area contributed by atoms with Gasteiger partial charge in [0.1, 0.15) is 0 Å². The van der Waals surface area contributed by atoms with Gasteiger partial charge in [0.25, 0.3) is 0 Å². The number of fused-ring (bicyclic) bond motifs is 2. The molecule has 0 bridgehead atoms. The lowest BCUT2D eigenvalue weighted by atomic mass is 10.0. The molecule has 0 saturated carbocycles. The van der Waals surface area contributed by atoms with Crippen molar-refractivity contribution in [2.24, 2.45) is 5.92 Å². The molecule has 178 valence electrons. The lowest BCUT2D eigenvalue weighted by Crippen LogP contribution is -2.48. The molecule has 1 aliphatic rings. The fourth-order valence-electron chi connectivity index (χ4n) is 4.57. The molecule has 0 spiro atoms. The van der Waals surface area contributed by atoms with E-state index in [0.717, 1.165) is 44.8 Å². The van der Waals surface area contributed by atoms with E-state index in [2.05, 4.69) is 42.8 Å². The average Bonchev–Trinajstić information content (AvgIpc) is 3.42. The SMILES string of the molecule is Cc1ccc2nnc(Cc3ccc4ncc(-c5cnn(C(C6CNC6)S(C)(=O)=O)c5)cc4c3)n2n1. The van der Waals surface area contributed by atoms with E-state index in [1.165, 1.54) is 6.26 Å². The second-order valence-electron chi connectivity index (χ2n) is 9.14. The molecule has 1 saturated heterocycles. The number of sulfone groups is 1. The third-order valence-electron chi connectivity index (χ3n) is 6.42. The number of aromatic nitrogens is 7. The number of hydrogen-bond acceptors (Lipinski definition) is 8. The molecule has 0 radical (unpaired) electrons. The number of benzene rings is 1. The minimum Gasteiger partial charge on any atom is -0.316 e. The van der Waals surface area contributed by atoms with E-state index in [0.29, 0.717) is 19.5 Å². The van der Waals surface area contributed by atoms with Crippen LogP contribution < -0.4 is 5.32 Å². The Morgan fingerprint density at radius 3 is 2.71 bits per heavy atom. The second-order valence-corrected chi connectivity index (χ2v) is 11.3. The Morgan fingerprint density at radius 1 is 1.09 bits per heavy atom. The Morgan fingerprint density at radius 2 is 1.94 bits per heavy atom. The predicted octanol–water partition coefficient (Wildman–Crippen LogP) is 2.20. The highest BCUT2D eigenvalue weighted by atomic mass is 32.2. The van der Waals surface area contributed by atoms with E-state index in [-0.39, 0.29) is 5.92 Å². The summed E-state index contributed by atoms with van der Waals surface area (Å²) < 4.78 is 28.2. The lowest BCUT2D eigenvalue weighted by Gasteiger charge is -2.33. The van der Waals surface area contributed by atoms with Crippen LogP contribution in [0.25, 0.3) is 27.7 Å². The van der Waals surface area contributed by atoms with E-state index in [4.69, 9.17) is 0 Å². The van der Waals surface area contributed by atoms with Gasteiger partial charge in [-0.25, -0.2) is 8.42 Å². The van der Waals surface area contributed by atoms with Crippen LogP contribution in [-0.2, 0) is 16.3 Å². The summed E-state index contributed by atoms with van der Waals surface area (Å²) in [7, 11) is -3.30. The van der Waals surface area contributed by atoms with Gasteiger partial charge in [-0.15, -0.1) is 10.2 Å². The zero-order chi connectivity index (χ0) is 24.2. The largest absolute Gasteiger partial charge is 0.316 e. The molecule has 1 atom stereocenters. The number of nitrogens with zero attached hydrogens (tertiary/aromatic N) is 7. The fourth-order valence-corrected chi connectivity index (χ4v) is 5.97. The van der Waals surface area contributed by atoms with E-state index >= 15 is 0 Å². The summed E-state index contributed by atoms with van der Waals surface area (Å²) in [6.07, 6.45) is 7.15. The Balaban J connectivity index is 1.32. The van der Waals surface area contributed by atoms with E-state index in [1.54, 1.807) is 27.8 Å². The number of rotatable bonds is 6. The average molecular weight is 489 g/mol. The van der Waals surface area contributed by atoms with Crippen molar-refractivity contribution >= 4 is 26.4 Å². The first-order chi connectivity index (χ1) is 16.8. The van der Waals surface area contributed by atoms with Gasteiger partial charge < -0.3 is 5.32 Å². The van der Waals surface area contributed by atoms with Crippen molar-refractivity contribution < 1.29 is 8.42 Å². The number of aryl methyl sites for hydroxylation is 1. The van der Waals surface area contributed by atoms with Crippen LogP contribution in [0.3, 0.4) is 0 Å². The molecule has 1 aromatic carbocycles. The summed E-state index contributed by atoms with van der Waals surface area (Å²) in [4.78, 5) is 4.61. The lowest BCUT2D eigenvalue weighted by molar-refractivity contribution is 0.277. The van der Waals surface area contributed by atoms with Crippen LogP contribution in [0.1, 0.15) is 22.5 Å². The van der Waals surface area contributed by atoms with Crippen molar-refractivity contribution in [3.05, 3.63) is 72.1 Å². The first kappa shape index (κ1) is 21.8. The molecule has 10 nitrogen and oxygen atoms in total. The number of pyridine rings is 1. The molecule has 1 unspecified atom stereocenters. The summed E-state index contributed by atoms with van der Waals surface area (Å²) in [6, 6.07) is 12.0. The molecular weight excluding hydrogens is 464 g/mol. The maximum atomic E-state index is 12.4. The van der Waals surface area contributed by atoms with Crippen LogP contribution in [0.5, 0.6) is 0 Å². The summed E-state index contributed by atoms with van der Waals surface area (Å²) in [6.45, 7) is 3.28. The Bertz CT molecular complexity index is 1670. The molecule has 5 heterocycles. The van der Waals surface area contributed by atoms with Gasteiger partial charge in [-0.2, -0.15) is 14.7 Å². The third kappa shape index (κ3) is 4.06. The molecule has 4 aromatic heterocycles. The third-order valence-corrected chi connectivity index (χ3v) is 7.90. The molecule has 11 heteroatoms. The zero-order valence-electron chi connectivity index (χ0n) is 19.3. The maximum Gasteiger partial charge on any atom is 0.177 e. The monoisotopic (exact) mass is 488 g/mol. The standard InChI is InChI=1S/C24H24N8O2S/c1-15-3-6-22-28-29-23(32(22)30-15)8-16-4-5-21-17(7-16)9-18(12-26-21)20-13-27-31(14-20)24(35(2,33)34)19-10-25-11-19/h3-7,9,12-14,19,24-25H,8,10-11H2,1-2H3. The van der Waals surface area contributed by atoms with Crippen LogP contribution in [-0.4, -0.2) is 62.3 Å². The van der Waals surface area contributed by atoms with E-state index in [9.17, 15) is 8.42 Å². The van der Waals surface area contributed by atoms with E-state index < -0.39 is 15.2 Å². The van der Waals surface area contributed by atoms with Crippen molar-refractivity contribution in [3.8, 4) is 11.1 Å². The number of nitrogens with one attached hydrogen (secondary N) is 1. The minimum absolute atomic E-state index is 0.0153. The first-order valence-electron chi connectivity index (χ1n) is 11.4. The highest BCUT2D eigenvalue weighted by Gasteiger charge is 2.36. The Kier molecular flexibility index (Phi) is 5.11. The van der Waals surface area contributed by atoms with E-state index in [1.807, 2.05) is 31.2 Å². The summed E-state index contributed by atoms with van der Waals surface area (Å²) >= 11 is 0. The first-order valence-corrected chi connectivity index (χ1v) is 13.3. The molecule has 1 N–H and O–H groups in total. The molecule has 0 amide bonds. The van der Waals surface area contributed by atoms with Crippen molar-refractivity contribution in [1.82, 2.24) is 39.9 Å². The van der Waals surface area contributed by atoms with Gasteiger partial charge in [0.2, 0.25) is 0 Å². The van der Waals surface area contributed by atoms with Crippen molar-refractivity contribution in [1.29, 1.82) is 0 Å². The summed E-state index contributed by atoms with van der Waals surface area (Å²) in [5.74, 6) is 0.785. The Labute approximate surface area is 201 Å². The van der Waals surface area contributed by atoms with Gasteiger partial charge in [-0.05, 0) is 42.8 Å². The normalized spacial score (nSPS) is 15.5. The fraction of sp³-hybridized carbons (Fsp3) is 0.292. The van der Waals surface area contributed by atoms with Crippen molar-refractivity contribution in [3.63, 3.8) is 0 Å². The van der Waals surface area contributed by atoms with Crippen molar-refractivity contribution in [2.45, 2.75) is 18.7 Å². The van der Waals surface area contributed by atoms with Crippen LogP contribution >= 0.6 is 0 Å². The second kappa shape index (κ2) is 8.21. The highest BCUT2D eigenvalue weighted by Crippen LogP contribution is 2.30. The van der Waals surface area contributed by atoms with Gasteiger partial charge in [-0.1, -0.05) is 6.07 Å². The smallest absolute Gasteiger partial charge is 0.177 e. The van der Waals surface area contributed by atoms with Gasteiger partial charge in [-0.3, -0.25) is 9.67 Å².